The molecule has 0 heterocycles. The zero-order valence-electron chi connectivity index (χ0n) is 15.5. The minimum absolute atomic E-state index is 0.263. The topological polar surface area (TPSA) is 225 Å². The SMILES string of the molecule is NNC(=O)c1ccccc1.NNC(=O)c1ccccc1.O=C(O)C(O)C(O)C(=O)O. The molecule has 0 bridgehead atoms. The Bertz CT molecular complexity index is 748. The molecule has 2 aromatic carbocycles. The molecule has 0 saturated carbocycles. The monoisotopic (exact) mass is 422 g/mol. The lowest BCUT2D eigenvalue weighted by Crippen LogP contribution is -2.39. The molecule has 0 spiro atoms. The summed E-state index contributed by atoms with van der Waals surface area (Å²) in [6.07, 6.45) is -4.53. The molecule has 0 aliphatic carbocycles. The zero-order valence-corrected chi connectivity index (χ0v) is 15.5. The Balaban J connectivity index is 0.000000420. The van der Waals surface area contributed by atoms with Crippen molar-refractivity contribution in [3.8, 4) is 0 Å². The maximum Gasteiger partial charge on any atom is 0.335 e. The predicted molar refractivity (Wildman–Crippen MR) is 103 cm³/mol. The van der Waals surface area contributed by atoms with Gasteiger partial charge in [-0.05, 0) is 24.3 Å². The van der Waals surface area contributed by atoms with E-state index < -0.39 is 24.1 Å². The van der Waals surface area contributed by atoms with Gasteiger partial charge >= 0.3 is 11.9 Å². The highest BCUT2D eigenvalue weighted by Crippen LogP contribution is 1.96. The number of nitrogens with one attached hydrogen (secondary N) is 2. The maximum absolute atomic E-state index is 10.8. The van der Waals surface area contributed by atoms with Crippen molar-refractivity contribution in [2.75, 3.05) is 0 Å². The molecule has 0 saturated heterocycles. The number of hydrogen-bond donors (Lipinski definition) is 8. The Labute approximate surface area is 170 Å². The summed E-state index contributed by atoms with van der Waals surface area (Å²) in [7, 11) is 0. The molecule has 2 aromatic rings. The van der Waals surface area contributed by atoms with Gasteiger partial charge in [-0.3, -0.25) is 20.4 Å². The van der Waals surface area contributed by atoms with E-state index in [1.807, 2.05) is 23.0 Å². The normalized spacial score (nSPS) is 11.2. The number of nitrogens with two attached hydrogens (primary N) is 2. The summed E-state index contributed by atoms with van der Waals surface area (Å²) in [5, 5.41) is 32.5. The van der Waals surface area contributed by atoms with Crippen LogP contribution in [0, 0.1) is 0 Å². The van der Waals surface area contributed by atoms with Crippen LogP contribution in [0.15, 0.2) is 60.7 Å². The molecule has 2 atom stereocenters. The van der Waals surface area contributed by atoms with E-state index in [0.29, 0.717) is 11.1 Å². The number of carbonyl (C=O) groups excluding carboxylic acids is 2. The van der Waals surface area contributed by atoms with E-state index in [1.54, 1.807) is 48.5 Å². The fourth-order valence-electron chi connectivity index (χ4n) is 1.62. The van der Waals surface area contributed by atoms with Gasteiger partial charge < -0.3 is 20.4 Å². The van der Waals surface area contributed by atoms with E-state index in [2.05, 4.69) is 0 Å². The molecular formula is C18H22N4O8. The number of hydrazine groups is 2. The van der Waals surface area contributed by atoms with E-state index in [9.17, 15) is 19.2 Å². The van der Waals surface area contributed by atoms with Gasteiger partial charge in [-0.1, -0.05) is 36.4 Å². The Hall–Kier alpha value is -3.84. The number of carbonyl (C=O) groups is 4. The van der Waals surface area contributed by atoms with Crippen molar-refractivity contribution < 1.29 is 39.6 Å². The predicted octanol–water partition coefficient (Wildman–Crippen LogP) is -1.54. The Morgan fingerprint density at radius 3 is 1.10 bits per heavy atom. The van der Waals surface area contributed by atoms with E-state index >= 15 is 0 Å². The van der Waals surface area contributed by atoms with Gasteiger partial charge in [0.05, 0.1) is 0 Å². The molecule has 0 fully saturated rings. The lowest BCUT2D eigenvalue weighted by Gasteiger charge is -2.07. The van der Waals surface area contributed by atoms with Crippen LogP contribution >= 0.6 is 0 Å². The summed E-state index contributed by atoms with van der Waals surface area (Å²) < 4.78 is 0. The van der Waals surface area contributed by atoms with Gasteiger partial charge in [0.1, 0.15) is 0 Å². The molecule has 162 valence electrons. The molecule has 2 rings (SSSR count). The summed E-state index contributed by atoms with van der Waals surface area (Å²) >= 11 is 0. The van der Waals surface area contributed by atoms with Crippen molar-refractivity contribution >= 4 is 23.8 Å². The first-order valence-corrected chi connectivity index (χ1v) is 8.09. The van der Waals surface area contributed by atoms with Crippen LogP contribution in [0.2, 0.25) is 0 Å². The van der Waals surface area contributed by atoms with Crippen LogP contribution in [0.4, 0.5) is 0 Å². The van der Waals surface area contributed by atoms with Crippen LogP contribution in [0.5, 0.6) is 0 Å². The van der Waals surface area contributed by atoms with E-state index in [4.69, 9.17) is 32.1 Å². The highest BCUT2D eigenvalue weighted by molar-refractivity contribution is 5.94. The molecule has 30 heavy (non-hydrogen) atoms. The van der Waals surface area contributed by atoms with Crippen LogP contribution in [0.25, 0.3) is 0 Å². The molecule has 0 aromatic heterocycles. The highest BCUT2D eigenvalue weighted by Gasteiger charge is 2.29. The number of amides is 2. The number of aliphatic hydroxyl groups excluding tert-OH is 2. The van der Waals surface area contributed by atoms with Crippen LogP contribution in [0.3, 0.4) is 0 Å². The average Bonchev–Trinajstić information content (AvgIpc) is 2.78. The number of hydrogen-bond acceptors (Lipinski definition) is 8. The van der Waals surface area contributed by atoms with Crippen LogP contribution in [-0.2, 0) is 9.59 Å². The second-order valence-corrected chi connectivity index (χ2v) is 5.25. The standard InChI is InChI=1S/2C7H8N2O.C4H6O6/c2*8-9-7(10)6-4-2-1-3-5-6;5-1(3(7)8)2(6)4(9)10/h2*1-5H,8H2,(H,9,10);1-2,5-6H,(H,7,8)(H,9,10). The third-order valence-electron chi connectivity index (χ3n) is 3.14. The maximum atomic E-state index is 10.8. The fourth-order valence-corrected chi connectivity index (χ4v) is 1.62. The molecule has 10 N–H and O–H groups in total. The summed E-state index contributed by atoms with van der Waals surface area (Å²) in [5.41, 5.74) is 5.23. The highest BCUT2D eigenvalue weighted by atomic mass is 16.4. The molecule has 12 nitrogen and oxygen atoms in total. The van der Waals surface area contributed by atoms with Gasteiger partial charge in [0.15, 0.2) is 12.2 Å². The van der Waals surface area contributed by atoms with Gasteiger partial charge in [-0.25, -0.2) is 21.3 Å². The summed E-state index contributed by atoms with van der Waals surface area (Å²) in [4.78, 5) is 41.1. The smallest absolute Gasteiger partial charge is 0.335 e. The van der Waals surface area contributed by atoms with Crippen molar-refractivity contribution in [2.45, 2.75) is 12.2 Å². The van der Waals surface area contributed by atoms with Crippen molar-refractivity contribution in [3.05, 3.63) is 71.8 Å². The van der Waals surface area contributed by atoms with Gasteiger partial charge in [-0.15, -0.1) is 0 Å². The van der Waals surface area contributed by atoms with Crippen molar-refractivity contribution in [1.29, 1.82) is 0 Å². The van der Waals surface area contributed by atoms with Gasteiger partial charge in [0.25, 0.3) is 11.8 Å². The Morgan fingerprint density at radius 2 is 0.900 bits per heavy atom. The van der Waals surface area contributed by atoms with E-state index in [1.165, 1.54) is 0 Å². The Morgan fingerprint density at radius 1 is 0.633 bits per heavy atom. The lowest BCUT2D eigenvalue weighted by atomic mass is 10.2. The first-order chi connectivity index (χ1) is 14.1. The quantitative estimate of drug-likeness (QED) is 0.157. The average molecular weight is 422 g/mol. The molecule has 12 heteroatoms. The van der Waals surface area contributed by atoms with E-state index in [-0.39, 0.29) is 11.8 Å². The van der Waals surface area contributed by atoms with Crippen molar-refractivity contribution in [2.24, 2.45) is 11.7 Å². The summed E-state index contributed by atoms with van der Waals surface area (Å²) in [5.74, 6) is 5.75. The van der Waals surface area contributed by atoms with Gasteiger partial charge in [-0.2, -0.15) is 0 Å². The fraction of sp³-hybridized carbons (Fsp3) is 0.111. The number of nitrogen functional groups attached to an aromatic ring is 2. The number of aliphatic hydroxyl groups is 2. The number of rotatable bonds is 5. The summed E-state index contributed by atoms with van der Waals surface area (Å²) in [6.45, 7) is 0. The molecule has 0 aliphatic heterocycles. The Kier molecular flexibility index (Phi) is 12.4. The first kappa shape index (κ1) is 26.2. The number of carboxylic acids is 2. The molecule has 2 amide bonds. The number of benzene rings is 2. The van der Waals surface area contributed by atoms with Crippen molar-refractivity contribution in [3.63, 3.8) is 0 Å². The third-order valence-corrected chi connectivity index (χ3v) is 3.14. The summed E-state index contributed by atoms with van der Waals surface area (Å²) in [6, 6.07) is 17.6. The zero-order chi connectivity index (χ0) is 23.1. The van der Waals surface area contributed by atoms with Crippen LogP contribution < -0.4 is 22.5 Å². The number of aliphatic carboxylic acids is 2. The minimum Gasteiger partial charge on any atom is -0.479 e. The first-order valence-electron chi connectivity index (χ1n) is 8.09. The molecule has 2 unspecified atom stereocenters. The van der Waals surface area contributed by atoms with Crippen LogP contribution in [-0.4, -0.2) is 56.4 Å². The second-order valence-electron chi connectivity index (χ2n) is 5.25. The lowest BCUT2D eigenvalue weighted by molar-refractivity contribution is -0.165. The van der Waals surface area contributed by atoms with Gasteiger partial charge in [0, 0.05) is 11.1 Å². The van der Waals surface area contributed by atoms with Gasteiger partial charge in [0.2, 0.25) is 0 Å². The molecule has 0 aliphatic rings. The molecule has 0 radical (unpaired) electrons. The third kappa shape index (κ3) is 9.91. The number of carboxylic acid groups (broad SMARTS) is 2. The van der Waals surface area contributed by atoms with E-state index in [0.717, 1.165) is 0 Å². The minimum atomic E-state index is -2.27. The van der Waals surface area contributed by atoms with Crippen molar-refractivity contribution in [1.82, 2.24) is 10.9 Å². The van der Waals surface area contributed by atoms with Crippen LogP contribution in [0.1, 0.15) is 20.7 Å². The molecular weight excluding hydrogens is 400 g/mol. The largest absolute Gasteiger partial charge is 0.479 e. The second kappa shape index (κ2) is 14.2.